The number of nitro benzene ring substituents is 1. The molecule has 1 aromatic rings. The zero-order valence-corrected chi connectivity index (χ0v) is 9.65. The molecule has 1 aliphatic rings. The van der Waals surface area contributed by atoms with E-state index < -0.39 is 16.9 Å². The zero-order chi connectivity index (χ0) is 13.1. The lowest BCUT2D eigenvalue weighted by Gasteiger charge is -2.22. The Morgan fingerprint density at radius 1 is 1.39 bits per heavy atom. The van der Waals surface area contributed by atoms with E-state index in [4.69, 9.17) is 0 Å². The molecular formula is C13H13NO4. The number of carbonyl (C=O) groups is 1. The van der Waals surface area contributed by atoms with Crippen LogP contribution in [0.25, 0.3) is 0 Å². The second-order valence-electron chi connectivity index (χ2n) is 4.25. The summed E-state index contributed by atoms with van der Waals surface area (Å²) >= 11 is 0. The lowest BCUT2D eigenvalue weighted by atomic mass is 9.84. The number of rotatable bonds is 3. The molecule has 0 unspecified atom stereocenters. The van der Waals surface area contributed by atoms with Gasteiger partial charge in [-0.05, 0) is 25.0 Å². The average Bonchev–Trinajstić information content (AvgIpc) is 2.38. The van der Waals surface area contributed by atoms with E-state index in [9.17, 15) is 20.0 Å². The first-order valence-electron chi connectivity index (χ1n) is 5.73. The quantitative estimate of drug-likeness (QED) is 0.655. The van der Waals surface area contributed by atoms with E-state index in [1.54, 1.807) is 12.1 Å². The molecule has 0 heterocycles. The lowest BCUT2D eigenvalue weighted by molar-refractivity contribution is -0.386. The van der Waals surface area contributed by atoms with Crippen LogP contribution >= 0.6 is 0 Å². The van der Waals surface area contributed by atoms with E-state index in [0.717, 1.165) is 0 Å². The number of hydrogen-bond donors (Lipinski definition) is 1. The maximum absolute atomic E-state index is 11.7. The first-order valence-corrected chi connectivity index (χ1v) is 5.73. The van der Waals surface area contributed by atoms with Crippen LogP contribution in [0.15, 0.2) is 36.4 Å². The van der Waals surface area contributed by atoms with Gasteiger partial charge < -0.3 is 5.11 Å². The minimum Gasteiger partial charge on any atom is -0.387 e. The lowest BCUT2D eigenvalue weighted by Crippen LogP contribution is -2.23. The Morgan fingerprint density at radius 3 is 2.78 bits per heavy atom. The van der Waals surface area contributed by atoms with Crippen LogP contribution < -0.4 is 0 Å². The largest absolute Gasteiger partial charge is 0.387 e. The molecule has 1 aromatic carbocycles. The molecule has 2 rings (SSSR count). The highest BCUT2D eigenvalue weighted by Crippen LogP contribution is 2.34. The summed E-state index contributed by atoms with van der Waals surface area (Å²) in [6.45, 7) is 0. The third-order valence-corrected chi connectivity index (χ3v) is 3.13. The van der Waals surface area contributed by atoms with Gasteiger partial charge >= 0.3 is 0 Å². The number of aliphatic hydroxyl groups excluding tert-OH is 1. The van der Waals surface area contributed by atoms with Crippen molar-refractivity contribution in [1.29, 1.82) is 0 Å². The second-order valence-corrected chi connectivity index (χ2v) is 4.25. The van der Waals surface area contributed by atoms with E-state index in [0.29, 0.717) is 12.8 Å². The van der Waals surface area contributed by atoms with Crippen LogP contribution in [0.2, 0.25) is 0 Å². The van der Waals surface area contributed by atoms with Gasteiger partial charge in [0.1, 0.15) is 0 Å². The number of nitrogens with zero attached hydrogens (tertiary/aromatic N) is 1. The Morgan fingerprint density at radius 2 is 2.11 bits per heavy atom. The fraction of sp³-hybridized carbons (Fsp3) is 0.308. The van der Waals surface area contributed by atoms with Gasteiger partial charge in [0.2, 0.25) is 0 Å². The Kier molecular flexibility index (Phi) is 3.53. The van der Waals surface area contributed by atoms with Crippen molar-refractivity contribution in [3.8, 4) is 0 Å². The predicted molar refractivity (Wildman–Crippen MR) is 64.9 cm³/mol. The Labute approximate surface area is 104 Å². The van der Waals surface area contributed by atoms with Gasteiger partial charge in [-0.2, -0.15) is 0 Å². The molecule has 0 spiro atoms. The van der Waals surface area contributed by atoms with E-state index in [1.807, 2.05) is 0 Å². The maximum atomic E-state index is 11.7. The number of nitro groups is 1. The van der Waals surface area contributed by atoms with Crippen LogP contribution in [0, 0.1) is 16.0 Å². The highest BCUT2D eigenvalue weighted by atomic mass is 16.6. The van der Waals surface area contributed by atoms with Crippen molar-refractivity contribution in [1.82, 2.24) is 0 Å². The molecule has 2 atom stereocenters. The summed E-state index contributed by atoms with van der Waals surface area (Å²) in [5.41, 5.74) is 0.0588. The Hall–Kier alpha value is -2.01. The number of hydrogen-bond acceptors (Lipinski definition) is 4. The minimum absolute atomic E-state index is 0.146. The SMILES string of the molecule is O=C1C=CCC[C@H]1[C@@H](O)c1ccccc1[N+](=O)[O-]. The van der Waals surface area contributed by atoms with Gasteiger partial charge in [-0.1, -0.05) is 18.2 Å². The molecule has 0 saturated carbocycles. The first-order chi connectivity index (χ1) is 8.61. The molecule has 0 radical (unpaired) electrons. The molecule has 5 heteroatoms. The van der Waals surface area contributed by atoms with Crippen molar-refractivity contribution < 1.29 is 14.8 Å². The summed E-state index contributed by atoms with van der Waals surface area (Å²) in [6, 6.07) is 5.99. The number of allylic oxidation sites excluding steroid dienone is 2. The third kappa shape index (κ3) is 2.31. The predicted octanol–water partition coefficient (Wildman–Crippen LogP) is 2.16. The smallest absolute Gasteiger partial charge is 0.275 e. The molecule has 0 aromatic heterocycles. The van der Waals surface area contributed by atoms with Gasteiger partial charge in [0.05, 0.1) is 22.5 Å². The number of para-hydroxylation sites is 1. The van der Waals surface area contributed by atoms with Crippen LogP contribution in [-0.4, -0.2) is 15.8 Å². The summed E-state index contributed by atoms with van der Waals surface area (Å²) in [5, 5.41) is 21.1. The fourth-order valence-corrected chi connectivity index (χ4v) is 2.18. The summed E-state index contributed by atoms with van der Waals surface area (Å²) in [4.78, 5) is 22.0. The zero-order valence-electron chi connectivity index (χ0n) is 9.65. The molecule has 0 saturated heterocycles. The normalized spacial score (nSPS) is 20.7. The van der Waals surface area contributed by atoms with Crippen LogP contribution in [0.3, 0.4) is 0 Å². The van der Waals surface area contributed by atoms with Gasteiger partial charge in [-0.3, -0.25) is 14.9 Å². The summed E-state index contributed by atoms with van der Waals surface area (Å²) < 4.78 is 0. The second kappa shape index (κ2) is 5.10. The number of ketones is 1. The number of aliphatic hydroxyl groups is 1. The molecule has 0 aliphatic heterocycles. The Bertz CT molecular complexity index is 509. The maximum Gasteiger partial charge on any atom is 0.275 e. The van der Waals surface area contributed by atoms with E-state index in [1.165, 1.54) is 24.3 Å². The standard InChI is InChI=1S/C13H13NO4/c15-12-8-4-2-6-10(12)13(16)9-5-1-3-7-11(9)14(17)18/h1,3-5,7-8,10,13,16H,2,6H2/t10-,13+/m1/s1. The molecule has 1 aliphatic carbocycles. The molecule has 0 fully saturated rings. The fourth-order valence-electron chi connectivity index (χ4n) is 2.18. The van der Waals surface area contributed by atoms with Crippen LogP contribution in [0.5, 0.6) is 0 Å². The molecule has 94 valence electrons. The van der Waals surface area contributed by atoms with Gasteiger partial charge in [-0.15, -0.1) is 0 Å². The summed E-state index contributed by atoms with van der Waals surface area (Å²) in [6.07, 6.45) is 3.29. The van der Waals surface area contributed by atoms with Gasteiger partial charge in [0.25, 0.3) is 5.69 Å². The Balaban J connectivity index is 2.34. The topological polar surface area (TPSA) is 80.4 Å². The molecule has 5 nitrogen and oxygen atoms in total. The van der Waals surface area contributed by atoms with Crippen molar-refractivity contribution in [3.63, 3.8) is 0 Å². The van der Waals surface area contributed by atoms with Crippen LogP contribution in [0.1, 0.15) is 24.5 Å². The summed E-state index contributed by atoms with van der Waals surface area (Å²) in [7, 11) is 0. The number of carbonyl (C=O) groups excluding carboxylic acids is 1. The van der Waals surface area contributed by atoms with Crippen molar-refractivity contribution in [2.75, 3.05) is 0 Å². The molecule has 1 N–H and O–H groups in total. The van der Waals surface area contributed by atoms with Gasteiger partial charge in [-0.25, -0.2) is 0 Å². The minimum atomic E-state index is -1.12. The highest BCUT2D eigenvalue weighted by Gasteiger charge is 2.31. The van der Waals surface area contributed by atoms with Crippen molar-refractivity contribution >= 4 is 11.5 Å². The molecule has 18 heavy (non-hydrogen) atoms. The summed E-state index contributed by atoms with van der Waals surface area (Å²) in [5.74, 6) is -0.761. The molecular weight excluding hydrogens is 234 g/mol. The van der Waals surface area contributed by atoms with Crippen molar-refractivity contribution in [2.24, 2.45) is 5.92 Å². The van der Waals surface area contributed by atoms with Crippen LogP contribution in [-0.2, 0) is 4.79 Å². The highest BCUT2D eigenvalue weighted by molar-refractivity contribution is 5.93. The number of benzene rings is 1. The molecule has 0 amide bonds. The van der Waals surface area contributed by atoms with Crippen molar-refractivity contribution in [2.45, 2.75) is 18.9 Å². The first kappa shape index (κ1) is 12.4. The van der Waals surface area contributed by atoms with Gasteiger partial charge in [0.15, 0.2) is 5.78 Å². The van der Waals surface area contributed by atoms with E-state index in [2.05, 4.69) is 0 Å². The third-order valence-electron chi connectivity index (χ3n) is 3.13. The van der Waals surface area contributed by atoms with E-state index >= 15 is 0 Å². The average molecular weight is 247 g/mol. The van der Waals surface area contributed by atoms with E-state index in [-0.39, 0.29) is 17.0 Å². The van der Waals surface area contributed by atoms with Crippen LogP contribution in [0.4, 0.5) is 5.69 Å². The van der Waals surface area contributed by atoms with Crippen molar-refractivity contribution in [3.05, 3.63) is 52.1 Å². The monoisotopic (exact) mass is 247 g/mol. The van der Waals surface area contributed by atoms with Gasteiger partial charge in [0, 0.05) is 6.07 Å². The molecule has 0 bridgehead atoms.